The van der Waals surface area contributed by atoms with E-state index < -0.39 is 0 Å². The topological polar surface area (TPSA) is 65.9 Å². The molecule has 1 aromatic rings. The van der Waals surface area contributed by atoms with Gasteiger partial charge in [0.15, 0.2) is 0 Å². The van der Waals surface area contributed by atoms with E-state index in [4.69, 9.17) is 9.73 Å². The van der Waals surface area contributed by atoms with E-state index >= 15 is 0 Å². The summed E-state index contributed by atoms with van der Waals surface area (Å²) in [6.07, 6.45) is 12.5. The van der Waals surface area contributed by atoms with Crippen molar-refractivity contribution in [2.75, 3.05) is 26.3 Å². The van der Waals surface area contributed by atoms with Gasteiger partial charge in [-0.2, -0.15) is 0 Å². The zero-order chi connectivity index (χ0) is 18.9. The van der Waals surface area contributed by atoms with Crippen LogP contribution in [0.15, 0.2) is 47.2 Å². The van der Waals surface area contributed by atoms with Crippen LogP contribution in [-0.2, 0) is 11.3 Å². The molecule has 0 spiro atoms. The predicted molar refractivity (Wildman–Crippen MR) is 107 cm³/mol. The molecule has 1 unspecified atom stereocenters. The lowest BCUT2D eigenvalue weighted by Crippen LogP contribution is -2.38. The minimum absolute atomic E-state index is 0.220. The minimum atomic E-state index is 0.220. The van der Waals surface area contributed by atoms with Crippen molar-refractivity contribution in [1.82, 2.24) is 25.1 Å². The highest BCUT2D eigenvalue weighted by Gasteiger charge is 2.37. The van der Waals surface area contributed by atoms with E-state index in [0.29, 0.717) is 17.8 Å². The molecule has 0 aliphatic carbocycles. The van der Waals surface area contributed by atoms with Crippen molar-refractivity contribution in [3.05, 3.63) is 48.1 Å². The van der Waals surface area contributed by atoms with Crippen LogP contribution < -0.4 is 5.32 Å². The Morgan fingerprint density at radius 1 is 1.18 bits per heavy atom. The van der Waals surface area contributed by atoms with E-state index in [1.54, 1.807) is 0 Å². The smallest absolute Gasteiger partial charge is 0.142 e. The third-order valence-electron chi connectivity index (χ3n) is 6.37. The number of likely N-dealkylation sites (tertiary alicyclic amines) is 1. The van der Waals surface area contributed by atoms with Gasteiger partial charge >= 0.3 is 0 Å². The highest BCUT2D eigenvalue weighted by atomic mass is 16.5. The highest BCUT2D eigenvalue weighted by molar-refractivity contribution is 5.81. The average Bonchev–Trinajstić information content (AvgIpc) is 3.32. The van der Waals surface area contributed by atoms with Gasteiger partial charge in [0.2, 0.25) is 0 Å². The first kappa shape index (κ1) is 17.8. The quantitative estimate of drug-likeness (QED) is 0.862. The third kappa shape index (κ3) is 3.44. The van der Waals surface area contributed by atoms with Crippen molar-refractivity contribution in [2.24, 2.45) is 22.7 Å². The molecule has 4 aliphatic rings. The van der Waals surface area contributed by atoms with E-state index in [-0.39, 0.29) is 6.17 Å². The summed E-state index contributed by atoms with van der Waals surface area (Å²) in [4.78, 5) is 18.4. The van der Waals surface area contributed by atoms with Crippen molar-refractivity contribution >= 4 is 6.21 Å². The SMILES string of the molecule is C[C@H]1CN(Cc2ncccn2)CC1C1=CN2C(=CN1)C=N[C@@H]2C1CCOCC1. The first-order chi connectivity index (χ1) is 13.8. The number of nitrogens with one attached hydrogen (secondary N) is 1. The summed E-state index contributed by atoms with van der Waals surface area (Å²) in [5.41, 5.74) is 2.47. The first-order valence-electron chi connectivity index (χ1n) is 10.3. The molecule has 5 heterocycles. The molecule has 5 rings (SSSR count). The van der Waals surface area contributed by atoms with Gasteiger partial charge < -0.3 is 15.0 Å². The van der Waals surface area contributed by atoms with Gasteiger partial charge in [0, 0.05) is 74.8 Å². The summed E-state index contributed by atoms with van der Waals surface area (Å²) in [7, 11) is 0. The summed E-state index contributed by atoms with van der Waals surface area (Å²) in [5, 5.41) is 3.55. The maximum Gasteiger partial charge on any atom is 0.142 e. The minimum Gasteiger partial charge on any atom is -0.381 e. The van der Waals surface area contributed by atoms with E-state index in [0.717, 1.165) is 51.5 Å². The van der Waals surface area contributed by atoms with Gasteiger partial charge in [0.25, 0.3) is 0 Å². The molecule has 0 amide bonds. The summed E-state index contributed by atoms with van der Waals surface area (Å²) in [6.45, 7) is 6.96. The molecule has 2 saturated heterocycles. The molecule has 4 aliphatic heterocycles. The maximum absolute atomic E-state index is 5.54. The number of aliphatic imine (C=N–C) groups is 1. The van der Waals surface area contributed by atoms with E-state index in [1.165, 1.54) is 11.4 Å². The molecule has 3 atom stereocenters. The van der Waals surface area contributed by atoms with Crippen LogP contribution in [-0.4, -0.2) is 58.5 Å². The Morgan fingerprint density at radius 2 is 2.00 bits per heavy atom. The Hall–Kier alpha value is -2.25. The number of rotatable bonds is 4. The van der Waals surface area contributed by atoms with Crippen LogP contribution in [0.1, 0.15) is 25.6 Å². The summed E-state index contributed by atoms with van der Waals surface area (Å²) in [5.74, 6) is 2.54. The van der Waals surface area contributed by atoms with Crippen molar-refractivity contribution in [2.45, 2.75) is 32.5 Å². The second kappa shape index (κ2) is 7.64. The largest absolute Gasteiger partial charge is 0.381 e. The predicted octanol–water partition coefficient (Wildman–Crippen LogP) is 1.97. The van der Waals surface area contributed by atoms with E-state index in [9.17, 15) is 0 Å². The van der Waals surface area contributed by atoms with Crippen LogP contribution >= 0.6 is 0 Å². The van der Waals surface area contributed by atoms with E-state index in [2.05, 4.69) is 44.4 Å². The standard InChI is InChI=1S/C21H28N6O/c1-15-11-26(14-20-22-5-2-6-23-20)12-18(15)19-13-27-17(9-24-19)10-25-21(27)16-3-7-28-8-4-16/h2,5-6,9-10,13,15-16,18,21,24H,3-4,7-8,11-12,14H2,1H3/t15-,18?,21-/m0/s1. The zero-order valence-electron chi connectivity index (χ0n) is 16.4. The second-order valence-electron chi connectivity index (χ2n) is 8.29. The lowest BCUT2D eigenvalue weighted by atomic mass is 9.93. The van der Waals surface area contributed by atoms with Gasteiger partial charge in [0.1, 0.15) is 12.0 Å². The Kier molecular flexibility index (Phi) is 4.86. The third-order valence-corrected chi connectivity index (χ3v) is 6.37. The number of allylic oxidation sites excluding steroid dienone is 1. The van der Waals surface area contributed by atoms with Crippen LogP contribution in [0.3, 0.4) is 0 Å². The normalized spacial score (nSPS) is 30.8. The number of nitrogens with zero attached hydrogens (tertiary/aromatic N) is 5. The number of hydrogen-bond donors (Lipinski definition) is 1. The monoisotopic (exact) mass is 380 g/mol. The molecule has 148 valence electrons. The lowest BCUT2D eigenvalue weighted by Gasteiger charge is -2.35. The van der Waals surface area contributed by atoms with Crippen molar-refractivity contribution < 1.29 is 4.74 Å². The molecule has 28 heavy (non-hydrogen) atoms. The molecule has 0 saturated carbocycles. The second-order valence-corrected chi connectivity index (χ2v) is 8.29. The van der Waals surface area contributed by atoms with Gasteiger partial charge in [-0.3, -0.25) is 9.89 Å². The van der Waals surface area contributed by atoms with Crippen LogP contribution in [0.2, 0.25) is 0 Å². The van der Waals surface area contributed by atoms with Crippen LogP contribution in [0, 0.1) is 17.8 Å². The Morgan fingerprint density at radius 3 is 2.82 bits per heavy atom. The number of aromatic nitrogens is 2. The van der Waals surface area contributed by atoms with E-state index in [1.807, 2.05) is 24.7 Å². The fourth-order valence-corrected chi connectivity index (χ4v) is 4.83. The van der Waals surface area contributed by atoms with Gasteiger partial charge in [-0.15, -0.1) is 0 Å². The molecular formula is C21H28N6O. The van der Waals surface area contributed by atoms with Crippen LogP contribution in [0.25, 0.3) is 0 Å². The van der Waals surface area contributed by atoms with Gasteiger partial charge in [0.05, 0.1) is 12.2 Å². The van der Waals surface area contributed by atoms with Gasteiger partial charge in [-0.05, 0) is 24.8 Å². The van der Waals surface area contributed by atoms with Gasteiger partial charge in [-0.25, -0.2) is 9.97 Å². The molecule has 7 nitrogen and oxygen atoms in total. The summed E-state index contributed by atoms with van der Waals surface area (Å²) in [6, 6.07) is 1.87. The first-order valence-corrected chi connectivity index (χ1v) is 10.3. The van der Waals surface area contributed by atoms with Crippen molar-refractivity contribution in [3.8, 4) is 0 Å². The molecule has 1 N–H and O–H groups in total. The summed E-state index contributed by atoms with van der Waals surface area (Å²) >= 11 is 0. The van der Waals surface area contributed by atoms with Crippen LogP contribution in [0.4, 0.5) is 0 Å². The van der Waals surface area contributed by atoms with Crippen molar-refractivity contribution in [3.63, 3.8) is 0 Å². The number of fused-ring (bicyclic) bond motifs is 1. The number of hydrogen-bond acceptors (Lipinski definition) is 7. The molecule has 0 aromatic carbocycles. The molecular weight excluding hydrogens is 352 g/mol. The molecule has 2 fully saturated rings. The van der Waals surface area contributed by atoms with Crippen LogP contribution in [0.5, 0.6) is 0 Å². The Balaban J connectivity index is 1.28. The highest BCUT2D eigenvalue weighted by Crippen LogP contribution is 2.35. The lowest BCUT2D eigenvalue weighted by molar-refractivity contribution is 0.0452. The Labute approximate surface area is 166 Å². The van der Waals surface area contributed by atoms with Crippen molar-refractivity contribution in [1.29, 1.82) is 0 Å². The maximum atomic E-state index is 5.54. The van der Waals surface area contributed by atoms with Gasteiger partial charge in [-0.1, -0.05) is 6.92 Å². The Bertz CT molecular complexity index is 785. The zero-order valence-corrected chi connectivity index (χ0v) is 16.4. The molecule has 0 bridgehead atoms. The molecule has 0 radical (unpaired) electrons. The fraction of sp³-hybridized carbons (Fsp3) is 0.571. The average molecular weight is 380 g/mol. The fourth-order valence-electron chi connectivity index (χ4n) is 4.83. The molecule has 7 heteroatoms. The number of ether oxygens (including phenoxy) is 1. The summed E-state index contributed by atoms with van der Waals surface area (Å²) < 4.78 is 5.54. The molecule has 1 aromatic heterocycles.